The largest absolute Gasteiger partial charge is 0.343 e. The molecule has 2 unspecified atom stereocenters. The van der Waals surface area contributed by atoms with Gasteiger partial charge >= 0.3 is 0 Å². The Labute approximate surface area is 153 Å². The summed E-state index contributed by atoms with van der Waals surface area (Å²) < 4.78 is 0. The van der Waals surface area contributed by atoms with Gasteiger partial charge in [0.05, 0.1) is 0 Å². The van der Waals surface area contributed by atoms with Crippen molar-refractivity contribution in [1.82, 2.24) is 15.5 Å². The third kappa shape index (κ3) is 4.28. The maximum absolute atomic E-state index is 12.7. The molecule has 0 radical (unpaired) electrons. The van der Waals surface area contributed by atoms with Crippen LogP contribution < -0.4 is 10.6 Å². The summed E-state index contributed by atoms with van der Waals surface area (Å²) in [4.78, 5) is 50.3. The van der Waals surface area contributed by atoms with Gasteiger partial charge in [0.25, 0.3) is 5.91 Å². The van der Waals surface area contributed by atoms with Crippen molar-refractivity contribution in [2.75, 3.05) is 13.6 Å². The van der Waals surface area contributed by atoms with Crippen LogP contribution in [0.4, 0.5) is 0 Å². The quantitative estimate of drug-likeness (QED) is 0.752. The van der Waals surface area contributed by atoms with Crippen LogP contribution in [0.2, 0.25) is 0 Å². The number of hydrogen-bond acceptors (Lipinski definition) is 4. The second-order valence-corrected chi connectivity index (χ2v) is 6.86. The SMILES string of the molecule is CC(C)C(=O)C(=O)NC(C)C(=O)NC1C(=O)N(C)CCc2ccccc21. The average molecular weight is 359 g/mol. The van der Waals surface area contributed by atoms with Crippen molar-refractivity contribution in [2.45, 2.75) is 39.3 Å². The minimum absolute atomic E-state index is 0.208. The zero-order valence-electron chi connectivity index (χ0n) is 15.5. The van der Waals surface area contributed by atoms with Gasteiger partial charge < -0.3 is 15.5 Å². The highest BCUT2D eigenvalue weighted by molar-refractivity contribution is 6.37. The van der Waals surface area contributed by atoms with Crippen molar-refractivity contribution in [3.8, 4) is 0 Å². The van der Waals surface area contributed by atoms with Crippen LogP contribution in [0.1, 0.15) is 37.9 Å². The Bertz CT molecular complexity index is 729. The van der Waals surface area contributed by atoms with Gasteiger partial charge in [-0.15, -0.1) is 0 Å². The van der Waals surface area contributed by atoms with Crippen molar-refractivity contribution >= 4 is 23.5 Å². The lowest BCUT2D eigenvalue weighted by molar-refractivity contribution is -0.141. The van der Waals surface area contributed by atoms with Gasteiger partial charge in [-0.25, -0.2) is 0 Å². The molecule has 2 rings (SSSR count). The van der Waals surface area contributed by atoms with E-state index in [0.717, 1.165) is 11.1 Å². The van der Waals surface area contributed by atoms with Crippen LogP contribution in [-0.2, 0) is 25.6 Å². The summed E-state index contributed by atoms with van der Waals surface area (Å²) in [7, 11) is 1.69. The molecule has 1 heterocycles. The molecule has 0 aliphatic carbocycles. The molecule has 0 saturated carbocycles. The number of benzene rings is 1. The van der Waals surface area contributed by atoms with E-state index in [9.17, 15) is 19.2 Å². The van der Waals surface area contributed by atoms with E-state index in [0.29, 0.717) is 13.0 Å². The number of amides is 3. The summed E-state index contributed by atoms with van der Waals surface area (Å²) in [6.07, 6.45) is 0.708. The van der Waals surface area contributed by atoms with E-state index in [1.165, 1.54) is 6.92 Å². The normalized spacial score (nSPS) is 18.0. The number of rotatable bonds is 5. The topological polar surface area (TPSA) is 95.6 Å². The molecule has 0 saturated heterocycles. The van der Waals surface area contributed by atoms with Gasteiger partial charge in [-0.05, 0) is 24.5 Å². The number of nitrogens with zero attached hydrogens (tertiary/aromatic N) is 1. The molecule has 26 heavy (non-hydrogen) atoms. The van der Waals surface area contributed by atoms with E-state index in [2.05, 4.69) is 10.6 Å². The molecule has 1 aliphatic heterocycles. The standard InChI is InChI=1S/C19H25N3O4/c1-11(2)16(23)18(25)20-12(3)17(24)21-15-14-8-6-5-7-13(14)9-10-22(4)19(15)26/h5-8,11-12,15H,9-10H2,1-4H3,(H,20,25)(H,21,24). The van der Waals surface area contributed by atoms with Gasteiger partial charge in [0.1, 0.15) is 12.1 Å². The highest BCUT2D eigenvalue weighted by Gasteiger charge is 2.32. The van der Waals surface area contributed by atoms with Crippen LogP contribution in [0.3, 0.4) is 0 Å². The van der Waals surface area contributed by atoms with Gasteiger partial charge in [-0.3, -0.25) is 19.2 Å². The molecule has 140 valence electrons. The van der Waals surface area contributed by atoms with Gasteiger partial charge in [0.15, 0.2) is 0 Å². The van der Waals surface area contributed by atoms with Crippen LogP contribution in [0.5, 0.6) is 0 Å². The molecule has 2 atom stereocenters. The highest BCUT2D eigenvalue weighted by atomic mass is 16.2. The van der Waals surface area contributed by atoms with E-state index in [4.69, 9.17) is 0 Å². The maximum Gasteiger partial charge on any atom is 0.288 e. The fourth-order valence-corrected chi connectivity index (χ4v) is 2.80. The predicted octanol–water partition coefficient (Wildman–Crippen LogP) is 0.588. The number of Topliss-reactive ketones (excluding diaryl/α,β-unsaturated/α-hetero) is 1. The molecule has 3 amide bonds. The highest BCUT2D eigenvalue weighted by Crippen LogP contribution is 2.24. The van der Waals surface area contributed by atoms with Crippen molar-refractivity contribution in [3.63, 3.8) is 0 Å². The molecule has 7 nitrogen and oxygen atoms in total. The summed E-state index contributed by atoms with van der Waals surface area (Å²) in [6.45, 7) is 5.28. The molecule has 7 heteroatoms. The number of ketones is 1. The minimum atomic E-state index is -0.932. The molecule has 1 aromatic rings. The number of fused-ring (bicyclic) bond motifs is 1. The maximum atomic E-state index is 12.7. The van der Waals surface area contributed by atoms with E-state index in [-0.39, 0.29) is 5.91 Å². The first-order valence-corrected chi connectivity index (χ1v) is 8.70. The molecule has 1 aromatic carbocycles. The number of carbonyl (C=O) groups is 4. The van der Waals surface area contributed by atoms with Crippen LogP contribution in [0, 0.1) is 5.92 Å². The lowest BCUT2D eigenvalue weighted by Gasteiger charge is -2.24. The Balaban J connectivity index is 2.14. The first-order valence-electron chi connectivity index (χ1n) is 8.70. The van der Waals surface area contributed by atoms with E-state index < -0.39 is 35.6 Å². The smallest absolute Gasteiger partial charge is 0.288 e. The molecular weight excluding hydrogens is 334 g/mol. The summed E-state index contributed by atoms with van der Waals surface area (Å²) in [6, 6.07) is 5.73. The Hall–Kier alpha value is -2.70. The summed E-state index contributed by atoms with van der Waals surface area (Å²) >= 11 is 0. The predicted molar refractivity (Wildman–Crippen MR) is 96.1 cm³/mol. The first kappa shape index (κ1) is 19.6. The fraction of sp³-hybridized carbons (Fsp3) is 0.474. The Kier molecular flexibility index (Phi) is 6.13. The number of likely N-dealkylation sites (N-methyl/N-ethyl adjacent to an activating group) is 1. The van der Waals surface area contributed by atoms with Crippen LogP contribution in [0.15, 0.2) is 24.3 Å². The Morgan fingerprint density at radius 1 is 1.15 bits per heavy atom. The molecule has 0 fully saturated rings. The van der Waals surface area contributed by atoms with Crippen molar-refractivity contribution in [1.29, 1.82) is 0 Å². The summed E-state index contributed by atoms with van der Waals surface area (Å²) in [5.41, 5.74) is 1.76. The molecule has 1 aliphatic rings. The summed E-state index contributed by atoms with van der Waals surface area (Å²) in [5, 5.41) is 5.10. The Morgan fingerprint density at radius 3 is 2.46 bits per heavy atom. The number of hydrogen-bond donors (Lipinski definition) is 2. The third-order valence-corrected chi connectivity index (χ3v) is 4.48. The van der Waals surface area contributed by atoms with Gasteiger partial charge in [0.2, 0.25) is 17.6 Å². The van der Waals surface area contributed by atoms with Gasteiger partial charge in [-0.2, -0.15) is 0 Å². The molecule has 0 spiro atoms. The average Bonchev–Trinajstić information content (AvgIpc) is 2.73. The van der Waals surface area contributed by atoms with Gasteiger partial charge in [0, 0.05) is 19.5 Å². The first-order chi connectivity index (χ1) is 12.2. The van der Waals surface area contributed by atoms with E-state index in [1.54, 1.807) is 25.8 Å². The van der Waals surface area contributed by atoms with Crippen LogP contribution in [0.25, 0.3) is 0 Å². The lowest BCUT2D eigenvalue weighted by atomic mass is 9.99. The lowest BCUT2D eigenvalue weighted by Crippen LogP contribution is -2.50. The van der Waals surface area contributed by atoms with Gasteiger partial charge in [-0.1, -0.05) is 38.1 Å². The fourth-order valence-electron chi connectivity index (χ4n) is 2.80. The zero-order valence-corrected chi connectivity index (χ0v) is 15.5. The minimum Gasteiger partial charge on any atom is -0.343 e. The van der Waals surface area contributed by atoms with Crippen molar-refractivity contribution in [2.24, 2.45) is 5.92 Å². The van der Waals surface area contributed by atoms with Crippen LogP contribution in [-0.4, -0.2) is 48.0 Å². The second kappa shape index (κ2) is 8.12. The molecule has 0 aromatic heterocycles. The molecule has 2 N–H and O–H groups in total. The van der Waals surface area contributed by atoms with Crippen LogP contribution >= 0.6 is 0 Å². The molecular formula is C19H25N3O4. The van der Waals surface area contributed by atoms with E-state index >= 15 is 0 Å². The third-order valence-electron chi connectivity index (χ3n) is 4.48. The zero-order chi connectivity index (χ0) is 19.4. The second-order valence-electron chi connectivity index (χ2n) is 6.86. The number of nitrogens with one attached hydrogen (secondary N) is 2. The van der Waals surface area contributed by atoms with Crippen molar-refractivity contribution < 1.29 is 19.2 Å². The van der Waals surface area contributed by atoms with Crippen molar-refractivity contribution in [3.05, 3.63) is 35.4 Å². The number of carbonyl (C=O) groups excluding carboxylic acids is 4. The van der Waals surface area contributed by atoms with E-state index in [1.807, 2.05) is 24.3 Å². The Morgan fingerprint density at radius 2 is 1.81 bits per heavy atom. The summed E-state index contributed by atoms with van der Waals surface area (Å²) in [5.74, 6) is -2.56. The monoisotopic (exact) mass is 359 g/mol. The molecule has 0 bridgehead atoms.